The molecule has 34 heavy (non-hydrogen) atoms. The number of fused-ring (bicyclic) bond motifs is 8. The summed E-state index contributed by atoms with van der Waals surface area (Å²) in [5.41, 5.74) is 9.29. The molecule has 1 fully saturated rings. The molecule has 4 nitrogen and oxygen atoms in total. The standard InChI is InChI=1S/C30H28N4/c1-19-9-8-10-20(2)25(19)21-13-14-23-24(17-21)34-27-26(31-15-16-32-27)33(22-11-6-5-7-12-22)28(34)30(4)18-29(23,30)3/h5-17,28H,18H2,1-4H3. The summed E-state index contributed by atoms with van der Waals surface area (Å²) in [6.07, 6.45) is 4.92. The molecule has 1 saturated carbocycles. The Bertz CT molecular complexity index is 1440. The summed E-state index contributed by atoms with van der Waals surface area (Å²) in [7, 11) is 0. The summed E-state index contributed by atoms with van der Waals surface area (Å²) in [5.74, 6) is 1.89. The van der Waals surface area contributed by atoms with E-state index in [9.17, 15) is 0 Å². The Morgan fingerprint density at radius 3 is 2.18 bits per heavy atom. The number of para-hydroxylation sites is 1. The number of benzene rings is 3. The van der Waals surface area contributed by atoms with Gasteiger partial charge in [-0.15, -0.1) is 0 Å². The van der Waals surface area contributed by atoms with Crippen molar-refractivity contribution in [1.82, 2.24) is 9.97 Å². The fourth-order valence-corrected chi connectivity index (χ4v) is 6.77. The maximum Gasteiger partial charge on any atom is 0.178 e. The molecule has 3 heterocycles. The van der Waals surface area contributed by atoms with Gasteiger partial charge in [0.15, 0.2) is 11.6 Å². The van der Waals surface area contributed by atoms with Crippen LogP contribution in [-0.4, -0.2) is 16.1 Å². The average molecular weight is 445 g/mol. The van der Waals surface area contributed by atoms with Crippen LogP contribution >= 0.6 is 0 Å². The van der Waals surface area contributed by atoms with Crippen LogP contribution in [0.3, 0.4) is 0 Å². The highest BCUT2D eigenvalue weighted by atomic mass is 15.5. The largest absolute Gasteiger partial charge is 0.301 e. The van der Waals surface area contributed by atoms with Crippen LogP contribution in [0.5, 0.6) is 0 Å². The lowest BCUT2D eigenvalue weighted by Crippen LogP contribution is -2.50. The van der Waals surface area contributed by atoms with Gasteiger partial charge in [0.05, 0.1) is 0 Å². The Labute approximate surface area is 200 Å². The van der Waals surface area contributed by atoms with Crippen molar-refractivity contribution in [1.29, 1.82) is 0 Å². The fraction of sp³-hybridized carbons (Fsp3) is 0.267. The van der Waals surface area contributed by atoms with Crippen LogP contribution in [0.15, 0.2) is 79.1 Å². The van der Waals surface area contributed by atoms with Crippen LogP contribution in [0.1, 0.15) is 37.0 Å². The second-order valence-corrected chi connectivity index (χ2v) is 10.6. The molecule has 4 aromatic rings. The second kappa shape index (κ2) is 6.47. The average Bonchev–Trinajstić information content (AvgIpc) is 3.27. The van der Waals surface area contributed by atoms with Crippen LogP contribution in [0.25, 0.3) is 11.1 Å². The topological polar surface area (TPSA) is 32.3 Å². The van der Waals surface area contributed by atoms with Gasteiger partial charge in [0.2, 0.25) is 0 Å². The van der Waals surface area contributed by atoms with E-state index < -0.39 is 0 Å². The van der Waals surface area contributed by atoms with Gasteiger partial charge in [-0.1, -0.05) is 62.4 Å². The zero-order chi connectivity index (χ0) is 23.2. The van der Waals surface area contributed by atoms with E-state index in [4.69, 9.17) is 9.97 Å². The third-order valence-electron chi connectivity index (χ3n) is 8.69. The first-order chi connectivity index (χ1) is 16.4. The Kier molecular flexibility index (Phi) is 3.76. The van der Waals surface area contributed by atoms with Gasteiger partial charge in [0, 0.05) is 34.6 Å². The molecule has 2 aliphatic heterocycles. The number of nitrogens with zero attached hydrogens (tertiary/aromatic N) is 4. The number of hydrogen-bond acceptors (Lipinski definition) is 4. The molecule has 0 amide bonds. The highest BCUT2D eigenvalue weighted by molar-refractivity contribution is 5.89. The van der Waals surface area contributed by atoms with Crippen LogP contribution in [0, 0.1) is 19.3 Å². The molecule has 0 saturated heterocycles. The molecule has 7 rings (SSSR count). The predicted molar refractivity (Wildman–Crippen MR) is 138 cm³/mol. The van der Waals surface area contributed by atoms with E-state index >= 15 is 0 Å². The van der Waals surface area contributed by atoms with Crippen molar-refractivity contribution in [2.75, 3.05) is 9.80 Å². The molecule has 0 radical (unpaired) electrons. The first-order valence-corrected chi connectivity index (χ1v) is 12.1. The highest BCUT2D eigenvalue weighted by Crippen LogP contribution is 2.74. The Morgan fingerprint density at radius 1 is 0.794 bits per heavy atom. The number of hydrogen-bond donors (Lipinski definition) is 0. The van der Waals surface area contributed by atoms with Gasteiger partial charge in [0.25, 0.3) is 0 Å². The molecule has 3 aliphatic rings. The van der Waals surface area contributed by atoms with E-state index in [-0.39, 0.29) is 17.0 Å². The zero-order valence-corrected chi connectivity index (χ0v) is 20.1. The van der Waals surface area contributed by atoms with E-state index in [1.807, 2.05) is 12.4 Å². The van der Waals surface area contributed by atoms with Crippen LogP contribution in [-0.2, 0) is 5.41 Å². The van der Waals surface area contributed by atoms with Crippen LogP contribution in [0.2, 0.25) is 0 Å². The lowest BCUT2D eigenvalue weighted by molar-refractivity contribution is 0.371. The van der Waals surface area contributed by atoms with Crippen LogP contribution < -0.4 is 9.80 Å². The van der Waals surface area contributed by atoms with Crippen molar-refractivity contribution >= 4 is 23.0 Å². The molecular weight excluding hydrogens is 416 g/mol. The van der Waals surface area contributed by atoms with E-state index in [2.05, 4.69) is 104 Å². The maximum absolute atomic E-state index is 4.88. The Balaban J connectivity index is 1.50. The summed E-state index contributed by atoms with van der Waals surface area (Å²) in [5, 5.41) is 0. The summed E-state index contributed by atoms with van der Waals surface area (Å²) in [6, 6.07) is 24.3. The smallest absolute Gasteiger partial charge is 0.178 e. The van der Waals surface area contributed by atoms with Gasteiger partial charge in [-0.2, -0.15) is 0 Å². The van der Waals surface area contributed by atoms with Crippen molar-refractivity contribution in [3.8, 4) is 11.1 Å². The minimum atomic E-state index is 0.0956. The van der Waals surface area contributed by atoms with Gasteiger partial charge in [0.1, 0.15) is 6.17 Å². The molecule has 3 aromatic carbocycles. The zero-order valence-electron chi connectivity index (χ0n) is 20.1. The Morgan fingerprint density at radius 2 is 1.47 bits per heavy atom. The number of rotatable bonds is 2. The summed E-state index contributed by atoms with van der Waals surface area (Å²) in [4.78, 5) is 14.6. The first-order valence-electron chi connectivity index (χ1n) is 12.1. The van der Waals surface area contributed by atoms with Gasteiger partial charge < -0.3 is 9.80 Å². The molecule has 1 aliphatic carbocycles. The molecule has 1 aromatic heterocycles. The molecule has 0 N–H and O–H groups in total. The van der Waals surface area contributed by atoms with Crippen LogP contribution in [0.4, 0.5) is 23.0 Å². The quantitative estimate of drug-likeness (QED) is 0.331. The number of anilines is 4. The van der Waals surface area contributed by atoms with E-state index in [1.54, 1.807) is 0 Å². The first kappa shape index (κ1) is 19.8. The van der Waals surface area contributed by atoms with E-state index in [1.165, 1.54) is 39.2 Å². The molecule has 0 bridgehead atoms. The minimum Gasteiger partial charge on any atom is -0.301 e. The van der Waals surface area contributed by atoms with Crippen molar-refractivity contribution in [2.24, 2.45) is 5.41 Å². The normalized spacial score (nSPS) is 25.9. The SMILES string of the molecule is Cc1cccc(C)c1-c1ccc2c(c1)N1c3nccnc3N(c3ccccc3)C1C1(C)CC21C. The monoisotopic (exact) mass is 444 g/mol. The number of aromatic nitrogens is 2. The second-order valence-electron chi connectivity index (χ2n) is 10.6. The summed E-state index contributed by atoms with van der Waals surface area (Å²) >= 11 is 0. The Hall–Kier alpha value is -3.66. The van der Waals surface area contributed by atoms with Gasteiger partial charge >= 0.3 is 0 Å². The third-order valence-corrected chi connectivity index (χ3v) is 8.69. The fourth-order valence-electron chi connectivity index (χ4n) is 6.77. The highest BCUT2D eigenvalue weighted by Gasteiger charge is 2.73. The van der Waals surface area contributed by atoms with Gasteiger partial charge in [-0.3, -0.25) is 0 Å². The molecule has 4 heteroatoms. The maximum atomic E-state index is 4.88. The van der Waals surface area contributed by atoms with Crippen molar-refractivity contribution in [2.45, 2.75) is 45.7 Å². The molecular formula is C30H28N4. The van der Waals surface area contributed by atoms with Crippen molar-refractivity contribution in [3.63, 3.8) is 0 Å². The molecule has 168 valence electrons. The van der Waals surface area contributed by atoms with Gasteiger partial charge in [-0.25, -0.2) is 9.97 Å². The summed E-state index contributed by atoms with van der Waals surface area (Å²) in [6.45, 7) is 9.29. The molecule has 0 spiro atoms. The van der Waals surface area contributed by atoms with E-state index in [0.717, 1.165) is 18.1 Å². The predicted octanol–water partition coefficient (Wildman–Crippen LogP) is 7.06. The molecule has 3 atom stereocenters. The van der Waals surface area contributed by atoms with Crippen molar-refractivity contribution in [3.05, 3.63) is 95.8 Å². The van der Waals surface area contributed by atoms with E-state index in [0.29, 0.717) is 0 Å². The van der Waals surface area contributed by atoms with Gasteiger partial charge in [-0.05, 0) is 66.3 Å². The summed E-state index contributed by atoms with van der Waals surface area (Å²) < 4.78 is 0. The lowest BCUT2D eigenvalue weighted by atomic mass is 9.80. The third kappa shape index (κ3) is 2.33. The lowest BCUT2D eigenvalue weighted by Gasteiger charge is -2.44. The molecule has 3 unspecified atom stereocenters. The van der Waals surface area contributed by atoms with Crippen molar-refractivity contribution < 1.29 is 0 Å². The minimum absolute atomic E-state index is 0.0956. The number of aryl methyl sites for hydroxylation is 2.